The third-order valence-electron chi connectivity index (χ3n) is 5.88. The Morgan fingerprint density at radius 2 is 2.10 bits per heavy atom. The van der Waals surface area contributed by atoms with Gasteiger partial charge in [-0.3, -0.25) is 4.79 Å². The Morgan fingerprint density at radius 3 is 2.68 bits per heavy atom. The average molecular weight is 421 g/mol. The molecule has 9 nitrogen and oxygen atoms in total. The van der Waals surface area contributed by atoms with Crippen molar-refractivity contribution in [2.45, 2.75) is 19.8 Å². The number of aliphatic hydroxyl groups excluding tert-OH is 1. The van der Waals surface area contributed by atoms with E-state index in [0.717, 1.165) is 16.9 Å². The standard InChI is InChI=1S/C22H23N5O4/c1-2-31-17-9-18(20-16(10-23)12-25-27(20)13-17)15-3-4-19(24-11-15)26-7-5-22(14-28,6-8-26)21(29)30/h3-4,9,11-13,28H,2,5-8,14H2,1H3,(H,29,30). The van der Waals surface area contributed by atoms with Gasteiger partial charge in [-0.15, -0.1) is 0 Å². The van der Waals surface area contributed by atoms with E-state index in [-0.39, 0.29) is 6.61 Å². The maximum atomic E-state index is 11.5. The molecule has 1 fully saturated rings. The summed E-state index contributed by atoms with van der Waals surface area (Å²) >= 11 is 0. The van der Waals surface area contributed by atoms with Crippen LogP contribution in [0.2, 0.25) is 0 Å². The Hall–Kier alpha value is -3.64. The van der Waals surface area contributed by atoms with Crippen LogP contribution < -0.4 is 9.64 Å². The molecule has 1 aliphatic rings. The lowest BCUT2D eigenvalue weighted by molar-refractivity contribution is -0.153. The Bertz CT molecular complexity index is 1140. The van der Waals surface area contributed by atoms with Crippen molar-refractivity contribution in [2.24, 2.45) is 5.41 Å². The molecule has 31 heavy (non-hydrogen) atoms. The number of aromatic nitrogens is 3. The van der Waals surface area contributed by atoms with Crippen molar-refractivity contribution in [3.8, 4) is 22.9 Å². The topological polar surface area (TPSA) is 124 Å². The third kappa shape index (κ3) is 3.66. The number of nitriles is 1. The van der Waals surface area contributed by atoms with Crippen LogP contribution in [-0.2, 0) is 4.79 Å². The minimum atomic E-state index is -1.07. The summed E-state index contributed by atoms with van der Waals surface area (Å²) < 4.78 is 7.28. The Labute approximate surface area is 179 Å². The van der Waals surface area contributed by atoms with Gasteiger partial charge in [0.05, 0.1) is 42.1 Å². The molecule has 3 aromatic rings. The van der Waals surface area contributed by atoms with E-state index in [1.807, 2.05) is 30.0 Å². The van der Waals surface area contributed by atoms with Crippen molar-refractivity contribution < 1.29 is 19.7 Å². The number of aliphatic hydroxyl groups is 1. The molecular formula is C22H23N5O4. The highest BCUT2D eigenvalue weighted by atomic mass is 16.5. The van der Waals surface area contributed by atoms with E-state index in [2.05, 4.69) is 16.2 Å². The number of nitrogens with zero attached hydrogens (tertiary/aromatic N) is 5. The van der Waals surface area contributed by atoms with E-state index < -0.39 is 11.4 Å². The second kappa shape index (κ2) is 8.24. The van der Waals surface area contributed by atoms with Crippen LogP contribution >= 0.6 is 0 Å². The van der Waals surface area contributed by atoms with Crippen LogP contribution in [0.15, 0.2) is 36.8 Å². The summed E-state index contributed by atoms with van der Waals surface area (Å²) in [6.45, 7) is 3.06. The normalized spacial score (nSPS) is 15.6. The van der Waals surface area contributed by atoms with Crippen LogP contribution in [0.25, 0.3) is 16.6 Å². The molecule has 0 saturated carbocycles. The summed E-state index contributed by atoms with van der Waals surface area (Å²) in [4.78, 5) is 18.1. The first-order valence-electron chi connectivity index (χ1n) is 10.1. The van der Waals surface area contributed by atoms with Crippen molar-refractivity contribution in [1.29, 1.82) is 5.26 Å². The molecule has 0 atom stereocenters. The lowest BCUT2D eigenvalue weighted by Gasteiger charge is -2.38. The number of fused-ring (bicyclic) bond motifs is 1. The smallest absolute Gasteiger partial charge is 0.312 e. The third-order valence-corrected chi connectivity index (χ3v) is 5.88. The number of piperidine rings is 1. The van der Waals surface area contributed by atoms with Crippen LogP contribution in [0.4, 0.5) is 5.82 Å². The minimum absolute atomic E-state index is 0.360. The van der Waals surface area contributed by atoms with Gasteiger partial charge in [-0.05, 0) is 38.0 Å². The van der Waals surface area contributed by atoms with Gasteiger partial charge in [-0.2, -0.15) is 10.4 Å². The predicted molar refractivity (Wildman–Crippen MR) is 113 cm³/mol. The minimum Gasteiger partial charge on any atom is -0.492 e. The number of anilines is 1. The maximum Gasteiger partial charge on any atom is 0.312 e. The number of pyridine rings is 2. The summed E-state index contributed by atoms with van der Waals surface area (Å²) in [5, 5.41) is 32.7. The van der Waals surface area contributed by atoms with E-state index in [4.69, 9.17) is 4.74 Å². The van der Waals surface area contributed by atoms with Gasteiger partial charge in [0.1, 0.15) is 17.6 Å². The maximum absolute atomic E-state index is 11.5. The second-order valence-electron chi connectivity index (χ2n) is 7.62. The fraction of sp³-hybridized carbons (Fsp3) is 0.364. The molecule has 0 aromatic carbocycles. The van der Waals surface area contributed by atoms with Gasteiger partial charge in [0.15, 0.2) is 0 Å². The molecule has 1 saturated heterocycles. The number of carbonyl (C=O) groups is 1. The molecule has 9 heteroatoms. The largest absolute Gasteiger partial charge is 0.492 e. The second-order valence-corrected chi connectivity index (χ2v) is 7.62. The number of hydrogen-bond donors (Lipinski definition) is 2. The van der Waals surface area contributed by atoms with E-state index in [1.165, 1.54) is 6.20 Å². The molecule has 2 N–H and O–H groups in total. The average Bonchev–Trinajstić information content (AvgIpc) is 3.22. The number of carboxylic acids is 1. The van der Waals surface area contributed by atoms with Gasteiger partial charge in [0.25, 0.3) is 0 Å². The predicted octanol–water partition coefficient (Wildman–Crippen LogP) is 2.33. The fourth-order valence-electron chi connectivity index (χ4n) is 3.98. The fourth-order valence-corrected chi connectivity index (χ4v) is 3.98. The summed E-state index contributed by atoms with van der Waals surface area (Å²) in [7, 11) is 0. The molecule has 0 bridgehead atoms. The van der Waals surface area contributed by atoms with Crippen molar-refractivity contribution in [2.75, 3.05) is 31.2 Å². The zero-order chi connectivity index (χ0) is 22.0. The molecule has 0 unspecified atom stereocenters. The summed E-state index contributed by atoms with van der Waals surface area (Å²) in [6.07, 6.45) is 5.73. The highest BCUT2D eigenvalue weighted by Gasteiger charge is 2.41. The van der Waals surface area contributed by atoms with Crippen LogP contribution in [0, 0.1) is 16.7 Å². The van der Waals surface area contributed by atoms with Crippen LogP contribution in [0.5, 0.6) is 5.75 Å². The van der Waals surface area contributed by atoms with E-state index in [1.54, 1.807) is 16.9 Å². The number of hydrogen-bond acceptors (Lipinski definition) is 7. The van der Waals surface area contributed by atoms with E-state index >= 15 is 0 Å². The molecule has 3 aromatic heterocycles. The number of aliphatic carboxylic acids is 1. The van der Waals surface area contributed by atoms with E-state index in [9.17, 15) is 20.3 Å². The van der Waals surface area contributed by atoms with Gasteiger partial charge < -0.3 is 19.8 Å². The van der Waals surface area contributed by atoms with Crippen molar-refractivity contribution in [3.05, 3.63) is 42.4 Å². The summed E-state index contributed by atoms with van der Waals surface area (Å²) in [5.41, 5.74) is 1.69. The van der Waals surface area contributed by atoms with Gasteiger partial charge >= 0.3 is 5.97 Å². The van der Waals surface area contributed by atoms with Crippen LogP contribution in [0.1, 0.15) is 25.3 Å². The molecule has 0 radical (unpaired) electrons. The highest BCUT2D eigenvalue weighted by Crippen LogP contribution is 2.34. The van der Waals surface area contributed by atoms with Gasteiger partial charge in [-0.1, -0.05) is 0 Å². The number of rotatable bonds is 6. The SMILES string of the molecule is CCOc1cc(-c2ccc(N3CCC(CO)(C(=O)O)CC3)nc2)c2c(C#N)cnn2c1. The lowest BCUT2D eigenvalue weighted by Crippen LogP contribution is -2.46. The van der Waals surface area contributed by atoms with Crippen molar-refractivity contribution in [3.63, 3.8) is 0 Å². The van der Waals surface area contributed by atoms with Crippen molar-refractivity contribution >= 4 is 17.3 Å². The van der Waals surface area contributed by atoms with Crippen molar-refractivity contribution in [1.82, 2.24) is 14.6 Å². The molecule has 4 heterocycles. The Kier molecular flexibility index (Phi) is 5.48. The van der Waals surface area contributed by atoms with Gasteiger partial charge in [-0.25, -0.2) is 9.50 Å². The lowest BCUT2D eigenvalue weighted by atomic mass is 9.79. The van der Waals surface area contributed by atoms with Gasteiger partial charge in [0, 0.05) is 30.4 Å². The Balaban J connectivity index is 1.63. The first-order valence-corrected chi connectivity index (χ1v) is 10.1. The highest BCUT2D eigenvalue weighted by molar-refractivity contribution is 5.85. The number of carboxylic acid groups (broad SMARTS) is 1. The Morgan fingerprint density at radius 1 is 1.32 bits per heavy atom. The number of ether oxygens (including phenoxy) is 1. The van der Waals surface area contributed by atoms with Crippen LogP contribution in [-0.4, -0.2) is 57.1 Å². The molecular weight excluding hydrogens is 398 g/mol. The van der Waals surface area contributed by atoms with Gasteiger partial charge in [0.2, 0.25) is 0 Å². The molecule has 0 spiro atoms. The zero-order valence-corrected chi connectivity index (χ0v) is 17.2. The van der Waals surface area contributed by atoms with Crippen LogP contribution in [0.3, 0.4) is 0 Å². The molecule has 1 aliphatic heterocycles. The quantitative estimate of drug-likeness (QED) is 0.621. The zero-order valence-electron chi connectivity index (χ0n) is 17.2. The molecule has 0 amide bonds. The first-order chi connectivity index (χ1) is 15.0. The van der Waals surface area contributed by atoms with E-state index in [0.29, 0.717) is 49.4 Å². The molecule has 4 rings (SSSR count). The monoisotopic (exact) mass is 421 g/mol. The summed E-state index contributed by atoms with van der Waals surface area (Å²) in [6, 6.07) is 7.86. The molecule has 0 aliphatic carbocycles. The summed E-state index contributed by atoms with van der Waals surface area (Å²) in [5.74, 6) is 0.434. The first kappa shape index (κ1) is 20.6. The molecule has 160 valence electrons.